The molecule has 3 aromatic carbocycles. The quantitative estimate of drug-likeness (QED) is 0.655. The van der Waals surface area contributed by atoms with Gasteiger partial charge < -0.3 is 0 Å². The highest BCUT2D eigenvalue weighted by Crippen LogP contribution is 2.29. The van der Waals surface area contributed by atoms with Crippen LogP contribution in [0.15, 0.2) is 83.8 Å². The maximum atomic E-state index is 13.0. The Kier molecular flexibility index (Phi) is 5.05. The average molecular weight is 350 g/mol. The van der Waals surface area contributed by atoms with Crippen LogP contribution in [0.25, 0.3) is 0 Å². The fourth-order valence-corrected chi connectivity index (χ4v) is 4.50. The van der Waals surface area contributed by atoms with E-state index in [0.717, 1.165) is 22.3 Å². The standard InChI is InChI=1S/C22H22O2S/c1-17-8-12-20(13-9-17)22(19-6-4-3-5-7-19)16-25(23,24)21-14-10-18(2)11-15-21/h3-15,22H,16H2,1-2H3. The van der Waals surface area contributed by atoms with E-state index in [1.165, 1.54) is 0 Å². The molecule has 0 spiro atoms. The number of benzene rings is 3. The van der Waals surface area contributed by atoms with Crippen molar-refractivity contribution in [3.05, 3.63) is 101 Å². The highest BCUT2D eigenvalue weighted by molar-refractivity contribution is 7.91. The van der Waals surface area contributed by atoms with Crippen molar-refractivity contribution in [1.29, 1.82) is 0 Å². The molecule has 128 valence electrons. The summed E-state index contributed by atoms with van der Waals surface area (Å²) in [6, 6.07) is 25.0. The molecule has 0 bridgehead atoms. The molecule has 0 aliphatic heterocycles. The molecule has 0 amide bonds. The molecular formula is C22H22O2S. The SMILES string of the molecule is Cc1ccc(C(CS(=O)(=O)c2ccc(C)cc2)c2ccccc2)cc1. The zero-order valence-corrected chi connectivity index (χ0v) is 15.3. The van der Waals surface area contributed by atoms with Crippen molar-refractivity contribution in [3.63, 3.8) is 0 Å². The summed E-state index contributed by atoms with van der Waals surface area (Å²) >= 11 is 0. The minimum atomic E-state index is -3.38. The zero-order chi connectivity index (χ0) is 17.9. The van der Waals surface area contributed by atoms with Crippen LogP contribution in [-0.4, -0.2) is 14.2 Å². The minimum Gasteiger partial charge on any atom is -0.224 e. The van der Waals surface area contributed by atoms with E-state index >= 15 is 0 Å². The van der Waals surface area contributed by atoms with Gasteiger partial charge in [0.1, 0.15) is 0 Å². The third-order valence-corrected chi connectivity index (χ3v) is 6.21. The fraction of sp³-hybridized carbons (Fsp3) is 0.182. The van der Waals surface area contributed by atoms with E-state index in [0.29, 0.717) is 4.90 Å². The summed E-state index contributed by atoms with van der Waals surface area (Å²) in [5, 5.41) is 0. The van der Waals surface area contributed by atoms with Gasteiger partial charge in [-0.05, 0) is 37.1 Å². The molecular weight excluding hydrogens is 328 g/mol. The average Bonchev–Trinajstić information content (AvgIpc) is 2.62. The second-order valence-corrected chi connectivity index (χ2v) is 8.50. The van der Waals surface area contributed by atoms with Gasteiger partial charge in [-0.15, -0.1) is 0 Å². The molecule has 1 atom stereocenters. The van der Waals surface area contributed by atoms with Crippen molar-refractivity contribution in [2.75, 3.05) is 5.75 Å². The lowest BCUT2D eigenvalue weighted by Crippen LogP contribution is -2.16. The van der Waals surface area contributed by atoms with Crippen LogP contribution < -0.4 is 0 Å². The highest BCUT2D eigenvalue weighted by Gasteiger charge is 2.24. The molecule has 0 aliphatic rings. The third kappa shape index (κ3) is 4.18. The first-order valence-electron chi connectivity index (χ1n) is 8.37. The summed E-state index contributed by atoms with van der Waals surface area (Å²) in [7, 11) is -3.38. The Morgan fingerprint density at radius 2 is 1.16 bits per heavy atom. The number of rotatable bonds is 5. The van der Waals surface area contributed by atoms with E-state index in [1.807, 2.05) is 80.6 Å². The van der Waals surface area contributed by atoms with Crippen molar-refractivity contribution >= 4 is 9.84 Å². The van der Waals surface area contributed by atoms with Gasteiger partial charge in [0.05, 0.1) is 10.6 Å². The molecule has 0 saturated heterocycles. The Hall–Kier alpha value is -2.39. The fourth-order valence-electron chi connectivity index (χ4n) is 2.93. The van der Waals surface area contributed by atoms with E-state index in [4.69, 9.17) is 0 Å². The first-order valence-corrected chi connectivity index (χ1v) is 10.0. The highest BCUT2D eigenvalue weighted by atomic mass is 32.2. The van der Waals surface area contributed by atoms with Crippen molar-refractivity contribution in [1.82, 2.24) is 0 Å². The Labute approximate surface area is 150 Å². The van der Waals surface area contributed by atoms with Crippen LogP contribution in [0.2, 0.25) is 0 Å². The second-order valence-electron chi connectivity index (χ2n) is 6.47. The first kappa shape index (κ1) is 17.4. The number of hydrogen-bond acceptors (Lipinski definition) is 2. The van der Waals surface area contributed by atoms with Crippen molar-refractivity contribution < 1.29 is 8.42 Å². The van der Waals surface area contributed by atoms with Gasteiger partial charge in [0.25, 0.3) is 0 Å². The van der Waals surface area contributed by atoms with Crippen LogP contribution in [0.1, 0.15) is 28.2 Å². The maximum Gasteiger partial charge on any atom is 0.179 e. The van der Waals surface area contributed by atoms with Crippen LogP contribution in [0.5, 0.6) is 0 Å². The summed E-state index contributed by atoms with van der Waals surface area (Å²) in [5.41, 5.74) is 4.25. The largest absolute Gasteiger partial charge is 0.224 e. The van der Waals surface area contributed by atoms with Gasteiger partial charge in [-0.2, -0.15) is 0 Å². The Balaban J connectivity index is 2.00. The van der Waals surface area contributed by atoms with E-state index in [1.54, 1.807) is 12.1 Å². The monoisotopic (exact) mass is 350 g/mol. The van der Waals surface area contributed by atoms with Crippen molar-refractivity contribution in [2.24, 2.45) is 0 Å². The Morgan fingerprint density at radius 1 is 0.680 bits per heavy atom. The van der Waals surface area contributed by atoms with Crippen LogP contribution in [0.4, 0.5) is 0 Å². The van der Waals surface area contributed by atoms with Crippen LogP contribution in [0, 0.1) is 13.8 Å². The van der Waals surface area contributed by atoms with E-state index in [2.05, 4.69) is 0 Å². The van der Waals surface area contributed by atoms with Crippen LogP contribution in [0.3, 0.4) is 0 Å². The lowest BCUT2D eigenvalue weighted by molar-refractivity contribution is 0.592. The third-order valence-electron chi connectivity index (χ3n) is 4.45. The van der Waals surface area contributed by atoms with Gasteiger partial charge >= 0.3 is 0 Å². The summed E-state index contributed by atoms with van der Waals surface area (Å²) in [5.74, 6) is -0.128. The van der Waals surface area contributed by atoms with Crippen LogP contribution in [-0.2, 0) is 9.84 Å². The summed E-state index contributed by atoms with van der Waals surface area (Å²) in [6.45, 7) is 3.99. The molecule has 2 nitrogen and oxygen atoms in total. The van der Waals surface area contributed by atoms with E-state index < -0.39 is 9.84 Å². The number of hydrogen-bond donors (Lipinski definition) is 0. The molecule has 0 N–H and O–H groups in total. The summed E-state index contributed by atoms with van der Waals surface area (Å²) < 4.78 is 25.9. The summed E-state index contributed by atoms with van der Waals surface area (Å²) in [6.07, 6.45) is 0. The van der Waals surface area contributed by atoms with E-state index in [-0.39, 0.29) is 11.7 Å². The normalized spacial score (nSPS) is 12.7. The molecule has 0 aromatic heterocycles. The van der Waals surface area contributed by atoms with Crippen molar-refractivity contribution in [2.45, 2.75) is 24.7 Å². The number of sulfone groups is 1. The van der Waals surface area contributed by atoms with Gasteiger partial charge in [-0.25, -0.2) is 8.42 Å². The predicted molar refractivity (Wildman–Crippen MR) is 103 cm³/mol. The van der Waals surface area contributed by atoms with Gasteiger partial charge in [0.15, 0.2) is 9.84 Å². The lowest BCUT2D eigenvalue weighted by Gasteiger charge is -2.19. The molecule has 0 radical (unpaired) electrons. The molecule has 1 unspecified atom stereocenters. The van der Waals surface area contributed by atoms with Gasteiger partial charge in [-0.3, -0.25) is 0 Å². The molecule has 3 aromatic rings. The van der Waals surface area contributed by atoms with Crippen LogP contribution >= 0.6 is 0 Å². The van der Waals surface area contributed by atoms with Crippen molar-refractivity contribution in [3.8, 4) is 0 Å². The molecule has 25 heavy (non-hydrogen) atoms. The minimum absolute atomic E-state index is 0.0587. The molecule has 0 fully saturated rings. The molecule has 0 heterocycles. The van der Waals surface area contributed by atoms with E-state index in [9.17, 15) is 8.42 Å². The maximum absolute atomic E-state index is 13.0. The predicted octanol–water partition coefficient (Wildman–Crippen LogP) is 4.91. The Bertz CT molecular complexity index is 926. The van der Waals surface area contributed by atoms with Gasteiger partial charge in [-0.1, -0.05) is 77.9 Å². The zero-order valence-electron chi connectivity index (χ0n) is 14.5. The molecule has 0 aliphatic carbocycles. The topological polar surface area (TPSA) is 34.1 Å². The van der Waals surface area contributed by atoms with Gasteiger partial charge in [0.2, 0.25) is 0 Å². The number of aryl methyl sites for hydroxylation is 2. The lowest BCUT2D eigenvalue weighted by atomic mass is 9.92. The smallest absolute Gasteiger partial charge is 0.179 e. The summed E-state index contributed by atoms with van der Waals surface area (Å²) in [4.78, 5) is 0.381. The Morgan fingerprint density at radius 3 is 1.72 bits per heavy atom. The molecule has 3 rings (SSSR count). The molecule has 3 heteroatoms. The van der Waals surface area contributed by atoms with Gasteiger partial charge in [0, 0.05) is 5.92 Å². The first-order chi connectivity index (χ1) is 12.0. The molecule has 0 saturated carbocycles. The second kappa shape index (κ2) is 7.24.